The van der Waals surface area contributed by atoms with Gasteiger partial charge in [-0.15, -0.1) is 0 Å². The molecule has 5 heteroatoms. The maximum atomic E-state index is 12.8. The van der Waals surface area contributed by atoms with Crippen LogP contribution in [0.3, 0.4) is 0 Å². The van der Waals surface area contributed by atoms with Crippen molar-refractivity contribution in [1.82, 2.24) is 0 Å². The van der Waals surface area contributed by atoms with E-state index in [1.54, 1.807) is 18.2 Å². The zero-order chi connectivity index (χ0) is 23.3. The lowest BCUT2D eigenvalue weighted by molar-refractivity contribution is 0.305. The van der Waals surface area contributed by atoms with Crippen molar-refractivity contribution in [2.24, 2.45) is 0 Å². The summed E-state index contributed by atoms with van der Waals surface area (Å²) in [6.07, 6.45) is 1.33. The van der Waals surface area contributed by atoms with Crippen molar-refractivity contribution in [2.75, 3.05) is 0 Å². The molecule has 0 fully saturated rings. The van der Waals surface area contributed by atoms with Gasteiger partial charge in [-0.1, -0.05) is 48.0 Å². The van der Waals surface area contributed by atoms with E-state index in [1.807, 2.05) is 85.8 Å². The molecule has 1 aromatic heterocycles. The molecule has 5 nitrogen and oxygen atoms in total. The zero-order valence-electron chi connectivity index (χ0n) is 18.6. The molecule has 1 heterocycles. The van der Waals surface area contributed by atoms with Gasteiger partial charge in [0.05, 0.1) is 5.39 Å². The lowest BCUT2D eigenvalue weighted by Gasteiger charge is -2.10. The van der Waals surface area contributed by atoms with Crippen molar-refractivity contribution in [3.05, 3.63) is 125 Å². The highest BCUT2D eigenvalue weighted by atomic mass is 16.5. The van der Waals surface area contributed by atoms with E-state index >= 15 is 0 Å². The average Bonchev–Trinajstić information content (AvgIpc) is 2.87. The number of para-hydroxylation sites is 1. The van der Waals surface area contributed by atoms with Crippen molar-refractivity contribution in [3.63, 3.8) is 0 Å². The molecule has 0 atom stereocenters. The minimum atomic E-state index is -0.237. The summed E-state index contributed by atoms with van der Waals surface area (Å²) >= 11 is 0. The highest BCUT2D eigenvalue weighted by molar-refractivity contribution is 5.79. The third kappa shape index (κ3) is 4.94. The second-order valence-corrected chi connectivity index (χ2v) is 7.85. The summed E-state index contributed by atoms with van der Waals surface area (Å²) in [5.41, 5.74) is 2.26. The van der Waals surface area contributed by atoms with Gasteiger partial charge in [0.2, 0.25) is 11.2 Å². The van der Waals surface area contributed by atoms with Crippen LogP contribution in [0.25, 0.3) is 11.0 Å². The number of aryl methyl sites for hydroxylation is 1. The quantitative estimate of drug-likeness (QED) is 0.261. The molecule has 0 saturated carbocycles. The van der Waals surface area contributed by atoms with Gasteiger partial charge in [0.15, 0.2) is 0 Å². The second-order valence-electron chi connectivity index (χ2n) is 7.85. The van der Waals surface area contributed by atoms with Gasteiger partial charge in [0.25, 0.3) is 0 Å². The van der Waals surface area contributed by atoms with Crippen molar-refractivity contribution < 1.29 is 18.6 Å². The minimum absolute atomic E-state index is 0.139. The van der Waals surface area contributed by atoms with Crippen molar-refractivity contribution in [2.45, 2.75) is 13.5 Å². The Balaban J connectivity index is 1.29. The monoisotopic (exact) mass is 450 g/mol. The Hall–Kier alpha value is -4.51. The fourth-order valence-electron chi connectivity index (χ4n) is 3.47. The van der Waals surface area contributed by atoms with E-state index in [0.29, 0.717) is 29.1 Å². The topological polar surface area (TPSA) is 57.9 Å². The molecule has 0 saturated heterocycles. The lowest BCUT2D eigenvalue weighted by atomic mass is 10.2. The summed E-state index contributed by atoms with van der Waals surface area (Å²) in [5, 5.41) is 0.426. The molecule has 0 N–H and O–H groups in total. The third-order valence-electron chi connectivity index (χ3n) is 5.25. The van der Waals surface area contributed by atoms with E-state index in [2.05, 4.69) is 0 Å². The first-order valence-corrected chi connectivity index (χ1v) is 10.9. The molecule has 4 aromatic carbocycles. The van der Waals surface area contributed by atoms with Crippen LogP contribution in [0.4, 0.5) is 0 Å². The van der Waals surface area contributed by atoms with Gasteiger partial charge in [0, 0.05) is 6.07 Å². The first kappa shape index (κ1) is 21.3. The van der Waals surface area contributed by atoms with E-state index in [-0.39, 0.29) is 11.2 Å². The molecule has 168 valence electrons. The summed E-state index contributed by atoms with van der Waals surface area (Å²) in [4.78, 5) is 12.8. The van der Waals surface area contributed by atoms with E-state index in [1.165, 1.54) is 6.26 Å². The van der Waals surface area contributed by atoms with Crippen LogP contribution in [-0.4, -0.2) is 0 Å². The number of rotatable bonds is 7. The van der Waals surface area contributed by atoms with Gasteiger partial charge in [-0.25, -0.2) is 0 Å². The van der Waals surface area contributed by atoms with Gasteiger partial charge in [-0.2, -0.15) is 0 Å². The molecule has 0 bridgehead atoms. The Labute approximate surface area is 196 Å². The van der Waals surface area contributed by atoms with Crippen molar-refractivity contribution in [1.29, 1.82) is 0 Å². The molecule has 0 amide bonds. The van der Waals surface area contributed by atoms with Gasteiger partial charge < -0.3 is 18.6 Å². The number of benzene rings is 4. The number of hydrogen-bond acceptors (Lipinski definition) is 5. The Bertz CT molecular complexity index is 1470. The average molecular weight is 450 g/mol. The SMILES string of the molecule is Cc1ccc(Oc2coc3cc(OCc4cccc(Oc5ccccc5)c4)ccc3c2=O)cc1. The van der Waals surface area contributed by atoms with Crippen LogP contribution < -0.4 is 19.6 Å². The Morgan fingerprint density at radius 3 is 2.26 bits per heavy atom. The molecule has 5 rings (SSSR count). The van der Waals surface area contributed by atoms with Gasteiger partial charge in [-0.05, 0) is 61.0 Å². The normalized spacial score (nSPS) is 10.7. The van der Waals surface area contributed by atoms with Crippen LogP contribution in [0.2, 0.25) is 0 Å². The number of ether oxygens (including phenoxy) is 3. The predicted molar refractivity (Wildman–Crippen MR) is 131 cm³/mol. The molecule has 5 aromatic rings. The summed E-state index contributed by atoms with van der Waals surface area (Å²) in [6.45, 7) is 2.33. The molecule has 0 radical (unpaired) electrons. The fourth-order valence-corrected chi connectivity index (χ4v) is 3.47. The van der Waals surface area contributed by atoms with E-state index in [9.17, 15) is 4.79 Å². The summed E-state index contributed by atoms with van der Waals surface area (Å²) < 4.78 is 23.2. The molecular weight excluding hydrogens is 428 g/mol. The van der Waals surface area contributed by atoms with Crippen LogP contribution in [-0.2, 0) is 6.61 Å². The fraction of sp³-hybridized carbons (Fsp3) is 0.0690. The maximum absolute atomic E-state index is 12.8. The van der Waals surface area contributed by atoms with Crippen LogP contribution in [0, 0.1) is 6.92 Å². The third-order valence-corrected chi connectivity index (χ3v) is 5.25. The number of fused-ring (bicyclic) bond motifs is 1. The Morgan fingerprint density at radius 2 is 1.44 bits per heavy atom. The van der Waals surface area contributed by atoms with E-state index in [0.717, 1.165) is 22.6 Å². The molecule has 0 aliphatic rings. The highest BCUT2D eigenvalue weighted by Gasteiger charge is 2.11. The first-order chi connectivity index (χ1) is 16.6. The molecule has 0 unspecified atom stereocenters. The van der Waals surface area contributed by atoms with E-state index < -0.39 is 0 Å². The Morgan fingerprint density at radius 1 is 0.706 bits per heavy atom. The molecular formula is C29H22O5. The highest BCUT2D eigenvalue weighted by Crippen LogP contribution is 2.26. The second kappa shape index (κ2) is 9.55. The minimum Gasteiger partial charge on any atom is -0.489 e. The van der Waals surface area contributed by atoms with Gasteiger partial charge in [-0.3, -0.25) is 4.79 Å². The van der Waals surface area contributed by atoms with Crippen LogP contribution in [0.15, 0.2) is 113 Å². The summed E-state index contributed by atoms with van der Waals surface area (Å²) in [6, 6.07) is 30.0. The summed E-state index contributed by atoms with van der Waals surface area (Å²) in [7, 11) is 0. The zero-order valence-corrected chi connectivity index (χ0v) is 18.6. The largest absolute Gasteiger partial charge is 0.489 e. The smallest absolute Gasteiger partial charge is 0.235 e. The first-order valence-electron chi connectivity index (χ1n) is 10.9. The van der Waals surface area contributed by atoms with Crippen molar-refractivity contribution in [3.8, 4) is 28.7 Å². The maximum Gasteiger partial charge on any atom is 0.235 e. The van der Waals surface area contributed by atoms with E-state index in [4.69, 9.17) is 18.6 Å². The number of hydrogen-bond donors (Lipinski definition) is 0. The molecule has 0 aliphatic carbocycles. The molecule has 34 heavy (non-hydrogen) atoms. The Kier molecular flexibility index (Phi) is 5.99. The summed E-state index contributed by atoms with van der Waals surface area (Å²) in [5.74, 6) is 2.82. The standard InChI is InChI=1S/C29H22O5/c1-20-10-12-23(13-11-20)34-28-19-32-27-17-24(14-15-26(27)29(28)30)31-18-21-6-5-9-25(16-21)33-22-7-3-2-4-8-22/h2-17,19H,18H2,1H3. The molecule has 0 aliphatic heterocycles. The van der Waals surface area contributed by atoms with Gasteiger partial charge >= 0.3 is 0 Å². The predicted octanol–water partition coefficient (Wildman–Crippen LogP) is 7.27. The molecule has 0 spiro atoms. The van der Waals surface area contributed by atoms with Crippen LogP contribution in [0.5, 0.6) is 28.7 Å². The van der Waals surface area contributed by atoms with Gasteiger partial charge in [0.1, 0.15) is 41.5 Å². The lowest BCUT2D eigenvalue weighted by Crippen LogP contribution is -2.05. The van der Waals surface area contributed by atoms with Crippen LogP contribution >= 0.6 is 0 Å². The van der Waals surface area contributed by atoms with Crippen LogP contribution in [0.1, 0.15) is 11.1 Å². The van der Waals surface area contributed by atoms with Crippen molar-refractivity contribution >= 4 is 11.0 Å².